The Morgan fingerprint density at radius 1 is 1.08 bits per heavy atom. The quantitative estimate of drug-likeness (QED) is 0.774. The molecule has 1 aliphatic heterocycles. The molecule has 0 spiro atoms. The van der Waals surface area contributed by atoms with Crippen molar-refractivity contribution in [1.82, 2.24) is 4.90 Å². The van der Waals surface area contributed by atoms with Gasteiger partial charge in [0.2, 0.25) is 0 Å². The van der Waals surface area contributed by atoms with Gasteiger partial charge in [0.05, 0.1) is 5.56 Å². The molecule has 2 aromatic rings. The number of benzene rings is 2. The normalized spacial score (nSPS) is 17.9. The summed E-state index contributed by atoms with van der Waals surface area (Å²) in [6, 6.07) is 17.9. The monoisotopic (exact) mass is 338 g/mol. The highest BCUT2D eigenvalue weighted by atomic mass is 16.6. The minimum atomic E-state index is -0.240. The molecule has 0 saturated carbocycles. The van der Waals surface area contributed by atoms with Gasteiger partial charge >= 0.3 is 5.97 Å². The Bertz CT molecular complexity index is 683. The highest BCUT2D eigenvalue weighted by Gasteiger charge is 2.26. The molecule has 0 N–H and O–H groups in total. The highest BCUT2D eigenvalue weighted by molar-refractivity contribution is 5.89. The molecule has 2 aromatic carbocycles. The summed E-state index contributed by atoms with van der Waals surface area (Å²) in [6.45, 7) is 1.78. The molecule has 0 bridgehead atoms. The first kappa shape index (κ1) is 17.5. The molecule has 25 heavy (non-hydrogen) atoms. The molecule has 1 atom stereocenters. The minimum absolute atomic E-state index is 0.144. The van der Waals surface area contributed by atoms with Crippen LogP contribution in [0, 0.1) is 0 Å². The molecular weight excluding hydrogens is 312 g/mol. The van der Waals surface area contributed by atoms with Gasteiger partial charge in [-0.3, -0.25) is 4.90 Å². The average Bonchev–Trinajstić information content (AvgIpc) is 2.64. The smallest absolute Gasteiger partial charge is 0.339 e. The first-order chi connectivity index (χ1) is 12.1. The molecule has 4 nitrogen and oxygen atoms in total. The standard InChI is InChI=1S/C21H26N2O2/c1-22(2)19-13-11-18(12-14-19)21(24)25-20-10-6-7-15-23(20)16-17-8-4-3-5-9-17/h3-5,8-9,11-14,20H,6-7,10,15-16H2,1-2H3. The number of esters is 1. The zero-order valence-corrected chi connectivity index (χ0v) is 15.0. The SMILES string of the molecule is CN(C)c1ccc(C(=O)OC2CCCCN2Cc2ccccc2)cc1. The third-order valence-electron chi connectivity index (χ3n) is 4.64. The lowest BCUT2D eigenvalue weighted by Crippen LogP contribution is -2.41. The van der Waals surface area contributed by atoms with Crippen LogP contribution in [0.1, 0.15) is 35.2 Å². The molecule has 132 valence electrons. The van der Waals surface area contributed by atoms with Gasteiger partial charge in [0.25, 0.3) is 0 Å². The van der Waals surface area contributed by atoms with Gasteiger partial charge < -0.3 is 9.64 Å². The van der Waals surface area contributed by atoms with Gasteiger partial charge in [0.1, 0.15) is 0 Å². The second-order valence-corrected chi connectivity index (χ2v) is 6.75. The van der Waals surface area contributed by atoms with E-state index in [9.17, 15) is 4.79 Å². The van der Waals surface area contributed by atoms with E-state index in [1.54, 1.807) is 0 Å². The first-order valence-corrected chi connectivity index (χ1v) is 8.90. The fourth-order valence-electron chi connectivity index (χ4n) is 3.18. The lowest BCUT2D eigenvalue weighted by Gasteiger charge is -2.35. The van der Waals surface area contributed by atoms with Crippen molar-refractivity contribution in [3.8, 4) is 0 Å². The van der Waals surface area contributed by atoms with E-state index in [4.69, 9.17) is 4.74 Å². The van der Waals surface area contributed by atoms with Crippen molar-refractivity contribution in [3.05, 3.63) is 65.7 Å². The van der Waals surface area contributed by atoms with Crippen molar-refractivity contribution in [1.29, 1.82) is 0 Å². The Hall–Kier alpha value is -2.33. The van der Waals surface area contributed by atoms with Crippen molar-refractivity contribution in [3.63, 3.8) is 0 Å². The van der Waals surface area contributed by atoms with Crippen LogP contribution in [0.2, 0.25) is 0 Å². The molecular formula is C21H26N2O2. The largest absolute Gasteiger partial charge is 0.443 e. The molecule has 1 unspecified atom stereocenters. The number of hydrogen-bond acceptors (Lipinski definition) is 4. The second kappa shape index (κ2) is 8.17. The average molecular weight is 338 g/mol. The fraction of sp³-hybridized carbons (Fsp3) is 0.381. The summed E-state index contributed by atoms with van der Waals surface area (Å²) in [4.78, 5) is 16.8. The lowest BCUT2D eigenvalue weighted by atomic mass is 10.1. The van der Waals surface area contributed by atoms with Crippen LogP contribution in [-0.4, -0.2) is 37.7 Å². The molecule has 1 aliphatic rings. The molecule has 0 aromatic heterocycles. The van der Waals surface area contributed by atoms with E-state index in [-0.39, 0.29) is 12.2 Å². The van der Waals surface area contributed by atoms with Crippen molar-refractivity contribution < 1.29 is 9.53 Å². The predicted molar refractivity (Wildman–Crippen MR) is 101 cm³/mol. The molecule has 1 saturated heterocycles. The summed E-state index contributed by atoms with van der Waals surface area (Å²) < 4.78 is 5.84. The molecule has 0 aliphatic carbocycles. The second-order valence-electron chi connectivity index (χ2n) is 6.75. The van der Waals surface area contributed by atoms with E-state index in [1.807, 2.05) is 61.5 Å². The summed E-state index contributed by atoms with van der Waals surface area (Å²) >= 11 is 0. The highest BCUT2D eigenvalue weighted by Crippen LogP contribution is 2.22. The van der Waals surface area contributed by atoms with E-state index in [0.717, 1.165) is 38.0 Å². The summed E-state index contributed by atoms with van der Waals surface area (Å²) in [6.07, 6.45) is 3.00. The van der Waals surface area contributed by atoms with Gasteiger partial charge in [-0.15, -0.1) is 0 Å². The van der Waals surface area contributed by atoms with Crippen LogP contribution >= 0.6 is 0 Å². The molecule has 4 heteroatoms. The number of hydrogen-bond donors (Lipinski definition) is 0. The third kappa shape index (κ3) is 4.60. The summed E-state index contributed by atoms with van der Waals surface area (Å²) in [5.41, 5.74) is 2.93. The van der Waals surface area contributed by atoms with Gasteiger partial charge in [-0.2, -0.15) is 0 Å². The lowest BCUT2D eigenvalue weighted by molar-refractivity contribution is -0.0544. The maximum Gasteiger partial charge on any atom is 0.339 e. The Morgan fingerprint density at radius 3 is 2.48 bits per heavy atom. The topological polar surface area (TPSA) is 32.8 Å². The molecule has 0 radical (unpaired) electrons. The summed E-state index contributed by atoms with van der Waals surface area (Å²) in [5.74, 6) is -0.240. The van der Waals surface area contributed by atoms with Crippen molar-refractivity contribution >= 4 is 11.7 Å². The Morgan fingerprint density at radius 2 is 1.80 bits per heavy atom. The van der Waals surface area contributed by atoms with Gasteiger partial charge in [-0.1, -0.05) is 30.3 Å². The molecule has 1 heterocycles. The first-order valence-electron chi connectivity index (χ1n) is 8.90. The number of anilines is 1. The van der Waals surface area contributed by atoms with Gasteiger partial charge in [0, 0.05) is 32.9 Å². The van der Waals surface area contributed by atoms with Crippen LogP contribution in [0.25, 0.3) is 0 Å². The predicted octanol–water partition coefficient (Wildman–Crippen LogP) is 3.92. The summed E-state index contributed by atoms with van der Waals surface area (Å²) in [7, 11) is 3.97. The van der Waals surface area contributed by atoms with E-state index < -0.39 is 0 Å². The maximum absolute atomic E-state index is 12.5. The van der Waals surface area contributed by atoms with Crippen LogP contribution in [0.4, 0.5) is 5.69 Å². The summed E-state index contributed by atoms with van der Waals surface area (Å²) in [5, 5.41) is 0. The Kier molecular flexibility index (Phi) is 5.71. The van der Waals surface area contributed by atoms with E-state index in [0.29, 0.717) is 5.56 Å². The number of ether oxygens (including phenoxy) is 1. The van der Waals surface area contributed by atoms with E-state index in [2.05, 4.69) is 17.0 Å². The van der Waals surface area contributed by atoms with Gasteiger partial charge in [0.15, 0.2) is 6.23 Å². The third-order valence-corrected chi connectivity index (χ3v) is 4.64. The van der Waals surface area contributed by atoms with Gasteiger partial charge in [-0.05, 0) is 49.1 Å². The number of carbonyl (C=O) groups excluding carboxylic acids is 1. The van der Waals surface area contributed by atoms with Crippen molar-refractivity contribution in [2.45, 2.75) is 32.0 Å². The number of piperidine rings is 1. The number of rotatable bonds is 5. The maximum atomic E-state index is 12.5. The molecule has 3 rings (SSSR count). The number of carbonyl (C=O) groups is 1. The van der Waals surface area contributed by atoms with E-state index in [1.165, 1.54) is 5.56 Å². The van der Waals surface area contributed by atoms with Crippen molar-refractivity contribution in [2.75, 3.05) is 25.5 Å². The number of likely N-dealkylation sites (tertiary alicyclic amines) is 1. The minimum Gasteiger partial charge on any atom is -0.443 e. The number of nitrogens with zero attached hydrogens (tertiary/aromatic N) is 2. The molecule has 1 fully saturated rings. The zero-order chi connectivity index (χ0) is 17.6. The zero-order valence-electron chi connectivity index (χ0n) is 15.0. The molecule has 0 amide bonds. The van der Waals surface area contributed by atoms with Crippen LogP contribution in [-0.2, 0) is 11.3 Å². The van der Waals surface area contributed by atoms with Crippen molar-refractivity contribution in [2.24, 2.45) is 0 Å². The van der Waals surface area contributed by atoms with Crippen LogP contribution < -0.4 is 4.90 Å². The Labute approximate surface area is 150 Å². The van der Waals surface area contributed by atoms with Gasteiger partial charge in [-0.25, -0.2) is 4.79 Å². The fourth-order valence-corrected chi connectivity index (χ4v) is 3.18. The Balaban J connectivity index is 1.65. The van der Waals surface area contributed by atoms with Crippen LogP contribution in [0.15, 0.2) is 54.6 Å². The van der Waals surface area contributed by atoms with E-state index >= 15 is 0 Å². The van der Waals surface area contributed by atoms with Crippen LogP contribution in [0.5, 0.6) is 0 Å². The van der Waals surface area contributed by atoms with Crippen LogP contribution in [0.3, 0.4) is 0 Å².